The van der Waals surface area contributed by atoms with Gasteiger partial charge in [0.2, 0.25) is 5.88 Å². The molecule has 0 bridgehead atoms. The largest absolute Gasteiger partial charge is 0.492 e. The number of nitrogens with zero attached hydrogens (tertiary/aromatic N) is 4. The van der Waals surface area contributed by atoms with Gasteiger partial charge in [-0.05, 0) is 42.2 Å². The number of aromatic nitrogens is 5. The molecule has 0 aliphatic carbocycles. The number of para-hydroxylation sites is 3. The van der Waals surface area contributed by atoms with E-state index in [2.05, 4.69) is 45.2 Å². The fourth-order valence-electron chi connectivity index (χ4n) is 6.84. The lowest BCUT2D eigenvalue weighted by Crippen LogP contribution is -2.36. The second-order valence-corrected chi connectivity index (χ2v) is 12.1. The predicted octanol–water partition coefficient (Wildman–Crippen LogP) is 7.07. The first kappa shape index (κ1) is 28.0. The summed E-state index contributed by atoms with van der Waals surface area (Å²) in [7, 11) is 0. The van der Waals surface area contributed by atoms with Crippen molar-refractivity contribution in [2.24, 2.45) is 0 Å². The quantitative estimate of drug-likeness (QED) is 0.180. The van der Waals surface area contributed by atoms with Crippen LogP contribution in [0.5, 0.6) is 5.88 Å². The van der Waals surface area contributed by atoms with Gasteiger partial charge in [0.15, 0.2) is 0 Å². The number of piperidine rings is 1. The van der Waals surface area contributed by atoms with E-state index in [1.54, 1.807) is 0 Å². The smallest absolute Gasteiger partial charge is 0.326 e. The SMILES string of the molecule is O=c1[nH]c2ccccc2n1C1CCN(Cc2ccc(-c3nc(O)c(Cc4c[nH]c5ccccc45)nc3-c3ccccc3)cc2)CC1. The molecule has 0 atom stereocenters. The maximum absolute atomic E-state index is 12.7. The fraction of sp³-hybridized carbons (Fsp3) is 0.184. The molecule has 0 unspecified atom stereocenters. The van der Waals surface area contributed by atoms with Gasteiger partial charge < -0.3 is 15.1 Å². The Bertz CT molecular complexity index is 2210. The predicted molar refractivity (Wildman–Crippen MR) is 182 cm³/mol. The van der Waals surface area contributed by atoms with E-state index in [0.717, 1.165) is 76.8 Å². The normalized spacial score (nSPS) is 14.3. The first-order valence-electron chi connectivity index (χ1n) is 15.8. The minimum atomic E-state index is -0.0544. The van der Waals surface area contributed by atoms with Crippen LogP contribution in [0, 0.1) is 0 Å². The number of likely N-dealkylation sites (tertiary alicyclic amines) is 1. The van der Waals surface area contributed by atoms with E-state index in [-0.39, 0.29) is 17.6 Å². The van der Waals surface area contributed by atoms with Crippen LogP contribution in [-0.4, -0.2) is 47.6 Å². The molecule has 0 radical (unpaired) electrons. The van der Waals surface area contributed by atoms with Gasteiger partial charge in [-0.2, -0.15) is 0 Å². The molecule has 4 heterocycles. The third-order valence-electron chi connectivity index (χ3n) is 9.21. The topological polar surface area (TPSA) is 103 Å². The Morgan fingerprint density at radius 2 is 1.43 bits per heavy atom. The maximum atomic E-state index is 12.7. The standard InChI is InChI=1S/C38H34N6O2/c45-37-33(22-28-23-39-31-11-5-4-10-30(28)31)40-35(26-8-2-1-3-9-26)36(42-37)27-16-14-25(15-17-27)24-43-20-18-29(19-21-43)44-34-13-7-6-12-32(34)41-38(44)46/h1-17,23,29,39H,18-22,24H2,(H,41,46)(H,42,45). The summed E-state index contributed by atoms with van der Waals surface area (Å²) in [6.07, 6.45) is 4.30. The second-order valence-electron chi connectivity index (χ2n) is 12.1. The van der Waals surface area contributed by atoms with Gasteiger partial charge in [0.05, 0.1) is 16.7 Å². The summed E-state index contributed by atoms with van der Waals surface area (Å²) in [5.74, 6) is -0.0544. The molecule has 8 nitrogen and oxygen atoms in total. The first-order valence-corrected chi connectivity index (χ1v) is 15.8. The second kappa shape index (κ2) is 11.8. The summed E-state index contributed by atoms with van der Waals surface area (Å²) < 4.78 is 1.94. The number of H-pyrrole nitrogens is 2. The highest BCUT2D eigenvalue weighted by Crippen LogP contribution is 2.34. The number of aromatic hydroxyl groups is 1. The van der Waals surface area contributed by atoms with Gasteiger partial charge in [-0.25, -0.2) is 14.8 Å². The zero-order valence-corrected chi connectivity index (χ0v) is 25.4. The van der Waals surface area contributed by atoms with Crippen LogP contribution in [-0.2, 0) is 13.0 Å². The Hall–Kier alpha value is -5.47. The van der Waals surface area contributed by atoms with Crippen molar-refractivity contribution in [3.05, 3.63) is 137 Å². The van der Waals surface area contributed by atoms with Crippen molar-refractivity contribution in [3.8, 4) is 28.4 Å². The van der Waals surface area contributed by atoms with Gasteiger partial charge in [-0.1, -0.05) is 84.9 Å². The number of hydrogen-bond acceptors (Lipinski definition) is 5. The van der Waals surface area contributed by atoms with Crippen molar-refractivity contribution in [3.63, 3.8) is 0 Å². The van der Waals surface area contributed by atoms with Crippen molar-refractivity contribution < 1.29 is 5.11 Å². The molecule has 7 aromatic rings. The highest BCUT2D eigenvalue weighted by atomic mass is 16.3. The maximum Gasteiger partial charge on any atom is 0.326 e. The van der Waals surface area contributed by atoms with E-state index in [0.29, 0.717) is 17.8 Å². The molecular weight excluding hydrogens is 572 g/mol. The van der Waals surface area contributed by atoms with Gasteiger partial charge in [-0.15, -0.1) is 0 Å². The van der Waals surface area contributed by atoms with Gasteiger partial charge in [0, 0.05) is 60.3 Å². The Labute approximate surface area is 266 Å². The van der Waals surface area contributed by atoms with E-state index >= 15 is 0 Å². The van der Waals surface area contributed by atoms with Crippen LogP contribution in [0.1, 0.15) is 35.7 Å². The lowest BCUT2D eigenvalue weighted by molar-refractivity contribution is 0.180. The minimum absolute atomic E-state index is 0.0229. The van der Waals surface area contributed by atoms with Crippen molar-refractivity contribution in [1.29, 1.82) is 0 Å². The summed E-state index contributed by atoms with van der Waals surface area (Å²) in [5, 5.41) is 12.2. The molecule has 4 aromatic carbocycles. The minimum Gasteiger partial charge on any atom is -0.492 e. The van der Waals surface area contributed by atoms with E-state index in [1.165, 1.54) is 5.56 Å². The molecule has 3 N–H and O–H groups in total. The molecule has 8 heteroatoms. The number of imidazole rings is 1. The molecule has 1 aliphatic heterocycles. The monoisotopic (exact) mass is 606 g/mol. The average molecular weight is 607 g/mol. The zero-order chi connectivity index (χ0) is 31.0. The summed E-state index contributed by atoms with van der Waals surface area (Å²) in [6.45, 7) is 2.68. The van der Waals surface area contributed by atoms with Crippen molar-refractivity contribution >= 4 is 21.9 Å². The Kier molecular flexibility index (Phi) is 7.19. The highest BCUT2D eigenvalue weighted by molar-refractivity contribution is 5.84. The van der Waals surface area contributed by atoms with Crippen LogP contribution in [0.4, 0.5) is 0 Å². The van der Waals surface area contributed by atoms with Crippen molar-refractivity contribution in [1.82, 2.24) is 29.4 Å². The highest BCUT2D eigenvalue weighted by Gasteiger charge is 2.24. The van der Waals surface area contributed by atoms with Crippen LogP contribution < -0.4 is 5.69 Å². The lowest BCUT2D eigenvalue weighted by Gasteiger charge is -2.32. The third kappa shape index (κ3) is 5.26. The van der Waals surface area contributed by atoms with Crippen LogP contribution in [0.25, 0.3) is 44.5 Å². The van der Waals surface area contributed by atoms with E-state index in [9.17, 15) is 9.90 Å². The summed E-state index contributed by atoms with van der Waals surface area (Å²) >= 11 is 0. The summed E-state index contributed by atoms with van der Waals surface area (Å²) in [6, 6.07) is 34.7. The van der Waals surface area contributed by atoms with Crippen molar-refractivity contribution in [2.45, 2.75) is 31.8 Å². The number of rotatable bonds is 7. The molecule has 0 saturated carbocycles. The number of aromatic amines is 2. The molecule has 0 amide bonds. The van der Waals surface area contributed by atoms with Gasteiger partial charge >= 0.3 is 5.69 Å². The zero-order valence-electron chi connectivity index (χ0n) is 25.4. The first-order chi connectivity index (χ1) is 22.6. The van der Waals surface area contributed by atoms with E-state index in [1.807, 2.05) is 83.6 Å². The van der Waals surface area contributed by atoms with Crippen LogP contribution >= 0.6 is 0 Å². The Morgan fingerprint density at radius 1 is 0.761 bits per heavy atom. The molecule has 8 rings (SSSR count). The summed E-state index contributed by atoms with van der Waals surface area (Å²) in [5.41, 5.74) is 8.98. The molecule has 1 fully saturated rings. The molecule has 3 aromatic heterocycles. The number of hydrogen-bond donors (Lipinski definition) is 3. The molecule has 228 valence electrons. The molecular formula is C38H34N6O2. The summed E-state index contributed by atoms with van der Waals surface area (Å²) in [4.78, 5) is 31.2. The molecule has 46 heavy (non-hydrogen) atoms. The Balaban J connectivity index is 1.02. The number of fused-ring (bicyclic) bond motifs is 2. The van der Waals surface area contributed by atoms with Crippen LogP contribution in [0.15, 0.2) is 114 Å². The number of nitrogens with one attached hydrogen (secondary N) is 2. The van der Waals surface area contributed by atoms with Gasteiger partial charge in [0.25, 0.3) is 0 Å². The fourth-order valence-corrected chi connectivity index (χ4v) is 6.84. The van der Waals surface area contributed by atoms with Gasteiger partial charge in [0.1, 0.15) is 11.4 Å². The van der Waals surface area contributed by atoms with E-state index in [4.69, 9.17) is 9.97 Å². The average Bonchev–Trinajstić information content (AvgIpc) is 3.66. The van der Waals surface area contributed by atoms with E-state index < -0.39 is 0 Å². The Morgan fingerprint density at radius 3 is 2.24 bits per heavy atom. The molecule has 0 spiro atoms. The molecule has 1 saturated heterocycles. The van der Waals surface area contributed by atoms with Crippen LogP contribution in [0.2, 0.25) is 0 Å². The van der Waals surface area contributed by atoms with Crippen LogP contribution in [0.3, 0.4) is 0 Å². The lowest BCUT2D eigenvalue weighted by atomic mass is 10.0. The third-order valence-corrected chi connectivity index (χ3v) is 9.21. The number of benzene rings is 4. The van der Waals surface area contributed by atoms with Gasteiger partial charge in [-0.3, -0.25) is 9.47 Å². The van der Waals surface area contributed by atoms with Crippen molar-refractivity contribution in [2.75, 3.05) is 13.1 Å². The molecule has 1 aliphatic rings.